The van der Waals surface area contributed by atoms with Gasteiger partial charge in [0.25, 0.3) is 5.91 Å². The van der Waals surface area contributed by atoms with Crippen LogP contribution in [0.1, 0.15) is 22.3 Å². The van der Waals surface area contributed by atoms with E-state index in [1.165, 1.54) is 6.08 Å². The molecule has 1 unspecified atom stereocenters. The number of carboxylic acid groups (broad SMARTS) is 1. The lowest BCUT2D eigenvalue weighted by Crippen LogP contribution is -2.28. The van der Waals surface area contributed by atoms with Gasteiger partial charge in [-0.2, -0.15) is 0 Å². The van der Waals surface area contributed by atoms with Gasteiger partial charge >= 0.3 is 5.97 Å². The van der Waals surface area contributed by atoms with Crippen molar-refractivity contribution in [3.8, 4) is 0 Å². The Balaban J connectivity index is 1.80. The third kappa shape index (κ3) is 3.54. The highest BCUT2D eigenvalue weighted by Crippen LogP contribution is 2.31. The highest BCUT2D eigenvalue weighted by atomic mass is 16.4. The van der Waals surface area contributed by atoms with Crippen molar-refractivity contribution in [2.24, 2.45) is 5.92 Å². The largest absolute Gasteiger partial charge is 0.478 e. The van der Waals surface area contributed by atoms with Crippen molar-refractivity contribution in [1.29, 1.82) is 0 Å². The molecular weight excluding hydrogens is 302 g/mol. The fourth-order valence-corrected chi connectivity index (χ4v) is 3.16. The van der Waals surface area contributed by atoms with E-state index in [2.05, 4.69) is 0 Å². The van der Waals surface area contributed by atoms with E-state index in [1.807, 2.05) is 48.5 Å². The van der Waals surface area contributed by atoms with Crippen LogP contribution in [0.2, 0.25) is 0 Å². The number of amides is 1. The summed E-state index contributed by atoms with van der Waals surface area (Å²) in [5, 5.41) is 9.20. The second kappa shape index (κ2) is 7.13. The van der Waals surface area contributed by atoms with Gasteiger partial charge in [-0.3, -0.25) is 4.79 Å². The lowest BCUT2D eigenvalue weighted by molar-refractivity contribution is -0.131. The lowest BCUT2D eigenvalue weighted by Gasteiger charge is -2.18. The van der Waals surface area contributed by atoms with Crippen LogP contribution in [-0.4, -0.2) is 35.0 Å². The van der Waals surface area contributed by atoms with Crippen molar-refractivity contribution in [1.82, 2.24) is 4.90 Å². The zero-order valence-corrected chi connectivity index (χ0v) is 13.3. The Labute approximate surface area is 141 Å². The Kier molecular flexibility index (Phi) is 4.75. The van der Waals surface area contributed by atoms with E-state index in [9.17, 15) is 14.7 Å². The number of likely N-dealkylation sites (tertiary alicyclic amines) is 1. The van der Waals surface area contributed by atoms with Crippen LogP contribution in [0.4, 0.5) is 0 Å². The van der Waals surface area contributed by atoms with Crippen LogP contribution in [0, 0.1) is 5.92 Å². The van der Waals surface area contributed by atoms with Crippen molar-refractivity contribution in [2.75, 3.05) is 13.1 Å². The molecule has 1 amide bonds. The van der Waals surface area contributed by atoms with Crippen LogP contribution < -0.4 is 0 Å². The molecule has 2 aromatic carbocycles. The predicted molar refractivity (Wildman–Crippen MR) is 92.5 cm³/mol. The summed E-state index contributed by atoms with van der Waals surface area (Å²) in [4.78, 5) is 25.6. The molecule has 0 aliphatic carbocycles. The van der Waals surface area contributed by atoms with Gasteiger partial charge in [-0.25, -0.2) is 4.79 Å². The topological polar surface area (TPSA) is 57.6 Å². The molecule has 0 aromatic heterocycles. The molecule has 122 valence electrons. The SMILES string of the molecule is O=C(O)C=C(c1ccccc1)C1CCN(C(=O)c2ccccc2)C1. The fourth-order valence-electron chi connectivity index (χ4n) is 3.16. The van der Waals surface area contributed by atoms with E-state index in [0.717, 1.165) is 17.6 Å². The molecule has 0 radical (unpaired) electrons. The molecule has 1 fully saturated rings. The highest BCUT2D eigenvalue weighted by Gasteiger charge is 2.30. The Hall–Kier alpha value is -2.88. The summed E-state index contributed by atoms with van der Waals surface area (Å²) < 4.78 is 0. The van der Waals surface area contributed by atoms with Crippen LogP contribution >= 0.6 is 0 Å². The minimum absolute atomic E-state index is 0.000775. The maximum atomic E-state index is 12.6. The highest BCUT2D eigenvalue weighted by molar-refractivity contribution is 5.95. The predicted octanol–water partition coefficient (Wildman–Crippen LogP) is 3.32. The minimum atomic E-state index is -0.957. The van der Waals surface area contributed by atoms with Crippen molar-refractivity contribution in [3.63, 3.8) is 0 Å². The first-order chi connectivity index (χ1) is 11.6. The molecule has 1 atom stereocenters. The maximum absolute atomic E-state index is 12.6. The van der Waals surface area contributed by atoms with Gasteiger partial charge in [0.2, 0.25) is 0 Å². The number of carbonyl (C=O) groups excluding carboxylic acids is 1. The molecule has 1 N–H and O–H groups in total. The van der Waals surface area contributed by atoms with Crippen LogP contribution in [-0.2, 0) is 4.79 Å². The molecule has 3 rings (SSSR count). The van der Waals surface area contributed by atoms with E-state index in [4.69, 9.17) is 0 Å². The average Bonchev–Trinajstić information content (AvgIpc) is 3.10. The molecule has 4 heteroatoms. The third-order valence-corrected chi connectivity index (χ3v) is 4.32. The normalized spacial score (nSPS) is 17.8. The van der Waals surface area contributed by atoms with Gasteiger partial charge in [0.15, 0.2) is 0 Å². The number of rotatable bonds is 4. The number of carboxylic acids is 1. The number of hydrogen-bond donors (Lipinski definition) is 1. The summed E-state index contributed by atoms with van der Waals surface area (Å²) in [6.07, 6.45) is 2.04. The third-order valence-electron chi connectivity index (χ3n) is 4.32. The molecule has 0 bridgehead atoms. The fraction of sp³-hybridized carbons (Fsp3) is 0.200. The summed E-state index contributed by atoms with van der Waals surface area (Å²) in [5.74, 6) is -0.918. The first-order valence-electron chi connectivity index (χ1n) is 7.99. The zero-order chi connectivity index (χ0) is 16.9. The molecule has 0 spiro atoms. The van der Waals surface area contributed by atoms with Gasteiger partial charge in [0.1, 0.15) is 0 Å². The van der Waals surface area contributed by atoms with Crippen molar-refractivity contribution >= 4 is 17.4 Å². The summed E-state index contributed by atoms with van der Waals surface area (Å²) in [6.45, 7) is 1.18. The lowest BCUT2D eigenvalue weighted by atomic mass is 9.91. The molecule has 0 saturated carbocycles. The van der Waals surface area contributed by atoms with Crippen LogP contribution in [0.15, 0.2) is 66.7 Å². The van der Waals surface area contributed by atoms with Crippen molar-refractivity contribution in [2.45, 2.75) is 6.42 Å². The second-order valence-corrected chi connectivity index (χ2v) is 5.91. The van der Waals surface area contributed by atoms with E-state index in [1.54, 1.807) is 17.0 Å². The molecule has 24 heavy (non-hydrogen) atoms. The molecule has 1 aliphatic rings. The minimum Gasteiger partial charge on any atom is -0.478 e. The average molecular weight is 321 g/mol. The first kappa shape index (κ1) is 16.0. The van der Waals surface area contributed by atoms with Crippen LogP contribution in [0.25, 0.3) is 5.57 Å². The van der Waals surface area contributed by atoms with E-state index >= 15 is 0 Å². The quantitative estimate of drug-likeness (QED) is 0.879. The van der Waals surface area contributed by atoms with Crippen molar-refractivity contribution in [3.05, 3.63) is 77.9 Å². The van der Waals surface area contributed by atoms with E-state index in [0.29, 0.717) is 18.7 Å². The number of carbonyl (C=O) groups is 2. The van der Waals surface area contributed by atoms with Gasteiger partial charge in [-0.15, -0.1) is 0 Å². The Morgan fingerprint density at radius 3 is 2.12 bits per heavy atom. The van der Waals surface area contributed by atoms with Gasteiger partial charge in [0, 0.05) is 30.6 Å². The standard InChI is InChI=1S/C20H19NO3/c22-19(23)13-18(15-7-3-1-4-8-15)17-11-12-21(14-17)20(24)16-9-5-2-6-10-16/h1-10,13,17H,11-12,14H2,(H,22,23). The number of hydrogen-bond acceptors (Lipinski definition) is 2. The van der Waals surface area contributed by atoms with Gasteiger partial charge in [-0.05, 0) is 29.7 Å². The number of aliphatic carboxylic acids is 1. The van der Waals surface area contributed by atoms with Gasteiger partial charge in [0.05, 0.1) is 0 Å². The van der Waals surface area contributed by atoms with Crippen LogP contribution in [0.3, 0.4) is 0 Å². The Morgan fingerprint density at radius 1 is 0.958 bits per heavy atom. The molecular formula is C20H19NO3. The maximum Gasteiger partial charge on any atom is 0.328 e. The van der Waals surface area contributed by atoms with Gasteiger partial charge in [-0.1, -0.05) is 48.5 Å². The van der Waals surface area contributed by atoms with Crippen molar-refractivity contribution < 1.29 is 14.7 Å². The smallest absolute Gasteiger partial charge is 0.328 e. The Bertz CT molecular complexity index is 753. The zero-order valence-electron chi connectivity index (χ0n) is 13.3. The van der Waals surface area contributed by atoms with Gasteiger partial charge < -0.3 is 10.0 Å². The second-order valence-electron chi connectivity index (χ2n) is 5.91. The summed E-state index contributed by atoms with van der Waals surface area (Å²) >= 11 is 0. The summed E-state index contributed by atoms with van der Waals surface area (Å²) in [7, 11) is 0. The monoisotopic (exact) mass is 321 g/mol. The van der Waals surface area contributed by atoms with E-state index in [-0.39, 0.29) is 11.8 Å². The number of benzene rings is 2. The summed E-state index contributed by atoms with van der Waals surface area (Å²) in [5.41, 5.74) is 2.35. The summed E-state index contributed by atoms with van der Waals surface area (Å²) in [6, 6.07) is 18.7. The molecule has 1 aliphatic heterocycles. The van der Waals surface area contributed by atoms with Crippen LogP contribution in [0.5, 0.6) is 0 Å². The molecule has 1 heterocycles. The molecule has 4 nitrogen and oxygen atoms in total. The Morgan fingerprint density at radius 2 is 1.54 bits per heavy atom. The number of nitrogens with zero attached hydrogens (tertiary/aromatic N) is 1. The first-order valence-corrected chi connectivity index (χ1v) is 7.99. The van der Waals surface area contributed by atoms with E-state index < -0.39 is 5.97 Å². The molecule has 2 aromatic rings. The molecule has 1 saturated heterocycles.